The molecular formula is C12H14FN3O4S. The fourth-order valence-corrected chi connectivity index (χ4v) is 2.72. The molecule has 0 saturated heterocycles. The molecular weight excluding hydrogens is 301 g/mol. The van der Waals surface area contributed by atoms with Crippen LogP contribution < -0.4 is 4.72 Å². The quantitative estimate of drug-likeness (QED) is 0.658. The average Bonchev–Trinajstić information content (AvgIpc) is 2.39. The minimum atomic E-state index is -4.07. The van der Waals surface area contributed by atoms with Gasteiger partial charge in [0.25, 0.3) is 0 Å². The van der Waals surface area contributed by atoms with Gasteiger partial charge in [-0.15, -0.1) is 0 Å². The molecule has 1 N–H and O–H groups in total. The predicted molar refractivity (Wildman–Crippen MR) is 72.4 cm³/mol. The van der Waals surface area contributed by atoms with Gasteiger partial charge < -0.3 is 0 Å². The molecule has 1 rings (SSSR count). The number of nitro groups is 1. The summed E-state index contributed by atoms with van der Waals surface area (Å²) in [7, 11) is -4.07. The first-order valence-electron chi connectivity index (χ1n) is 5.85. The Hall–Kier alpha value is -2.05. The number of hydrogen-bond donors (Lipinski definition) is 1. The van der Waals surface area contributed by atoms with Crippen molar-refractivity contribution in [3.8, 4) is 6.07 Å². The second-order valence-corrected chi connectivity index (χ2v) is 6.92. The summed E-state index contributed by atoms with van der Waals surface area (Å²) in [6.45, 7) is 4.14. The van der Waals surface area contributed by atoms with Gasteiger partial charge >= 0.3 is 5.69 Å². The van der Waals surface area contributed by atoms with E-state index in [9.17, 15) is 22.9 Å². The Morgan fingerprint density at radius 1 is 1.48 bits per heavy atom. The number of sulfonamides is 1. The second-order valence-electron chi connectivity index (χ2n) is 5.15. The standard InChI is InChI=1S/C12H14FN3O4S/c1-8-4-9(5-10(11(8)13)16(17)18)21(19,20)15-7-12(2,3)6-14/h4-5,15H,7H2,1-3H3. The zero-order valence-electron chi connectivity index (χ0n) is 11.7. The lowest BCUT2D eigenvalue weighted by molar-refractivity contribution is -0.387. The van der Waals surface area contributed by atoms with Gasteiger partial charge in [-0.25, -0.2) is 13.1 Å². The van der Waals surface area contributed by atoms with Gasteiger partial charge in [-0.2, -0.15) is 9.65 Å². The first-order chi connectivity index (χ1) is 9.50. The number of nitrogens with one attached hydrogen (secondary N) is 1. The molecule has 0 fully saturated rings. The van der Waals surface area contributed by atoms with Crippen LogP contribution in [0.25, 0.3) is 0 Å². The maximum atomic E-state index is 13.6. The number of hydrogen-bond acceptors (Lipinski definition) is 5. The summed E-state index contributed by atoms with van der Waals surface area (Å²) >= 11 is 0. The first-order valence-corrected chi connectivity index (χ1v) is 7.34. The van der Waals surface area contributed by atoms with Crippen LogP contribution in [0.4, 0.5) is 10.1 Å². The van der Waals surface area contributed by atoms with Crippen LogP contribution in [0.2, 0.25) is 0 Å². The van der Waals surface area contributed by atoms with Gasteiger partial charge in [0.2, 0.25) is 15.8 Å². The van der Waals surface area contributed by atoms with E-state index in [1.807, 2.05) is 6.07 Å². The Balaban J connectivity index is 3.22. The van der Waals surface area contributed by atoms with Crippen molar-refractivity contribution in [2.24, 2.45) is 5.41 Å². The molecule has 0 atom stereocenters. The van der Waals surface area contributed by atoms with Crippen molar-refractivity contribution in [2.75, 3.05) is 6.54 Å². The van der Waals surface area contributed by atoms with E-state index in [1.165, 1.54) is 20.8 Å². The second kappa shape index (κ2) is 5.75. The Morgan fingerprint density at radius 2 is 2.05 bits per heavy atom. The van der Waals surface area contributed by atoms with Crippen LogP contribution in [0.15, 0.2) is 17.0 Å². The molecule has 0 aliphatic rings. The highest BCUT2D eigenvalue weighted by molar-refractivity contribution is 7.89. The van der Waals surface area contributed by atoms with Gasteiger partial charge in [-0.1, -0.05) is 0 Å². The number of nitrogens with zero attached hydrogens (tertiary/aromatic N) is 2. The van der Waals surface area contributed by atoms with Gasteiger partial charge in [0.15, 0.2) is 0 Å². The number of rotatable bonds is 5. The fraction of sp³-hybridized carbons (Fsp3) is 0.417. The molecule has 0 spiro atoms. The zero-order valence-corrected chi connectivity index (χ0v) is 12.5. The molecule has 114 valence electrons. The third-order valence-corrected chi connectivity index (χ3v) is 4.10. The lowest BCUT2D eigenvalue weighted by atomic mass is 9.97. The monoisotopic (exact) mass is 315 g/mol. The summed E-state index contributed by atoms with van der Waals surface area (Å²) in [5.74, 6) is -1.07. The van der Waals surface area contributed by atoms with E-state index in [-0.39, 0.29) is 12.1 Å². The zero-order chi connectivity index (χ0) is 16.4. The van der Waals surface area contributed by atoms with Gasteiger partial charge in [0, 0.05) is 12.6 Å². The van der Waals surface area contributed by atoms with Crippen LogP contribution in [0, 0.1) is 39.6 Å². The molecule has 1 aromatic rings. The Labute approximate surface area is 121 Å². The van der Waals surface area contributed by atoms with Crippen molar-refractivity contribution in [3.63, 3.8) is 0 Å². The molecule has 1 aromatic carbocycles. The molecule has 0 saturated carbocycles. The lowest BCUT2D eigenvalue weighted by Gasteiger charge is -2.16. The number of nitriles is 1. The highest BCUT2D eigenvalue weighted by Crippen LogP contribution is 2.25. The van der Waals surface area contributed by atoms with E-state index >= 15 is 0 Å². The smallest absolute Gasteiger partial charge is 0.258 e. The van der Waals surface area contributed by atoms with Crippen LogP contribution in [0.1, 0.15) is 19.4 Å². The summed E-state index contributed by atoms with van der Waals surface area (Å²) in [5, 5.41) is 19.6. The molecule has 21 heavy (non-hydrogen) atoms. The molecule has 0 aromatic heterocycles. The lowest BCUT2D eigenvalue weighted by Crippen LogP contribution is -2.33. The van der Waals surface area contributed by atoms with Crippen LogP contribution >= 0.6 is 0 Å². The van der Waals surface area contributed by atoms with Crippen molar-refractivity contribution in [3.05, 3.63) is 33.6 Å². The average molecular weight is 315 g/mol. The van der Waals surface area contributed by atoms with E-state index in [1.54, 1.807) is 0 Å². The summed E-state index contributed by atoms with van der Waals surface area (Å²) < 4.78 is 39.9. The number of benzene rings is 1. The van der Waals surface area contributed by atoms with Gasteiger partial charge in [0.05, 0.1) is 21.3 Å². The fourth-order valence-electron chi connectivity index (χ4n) is 1.40. The van der Waals surface area contributed by atoms with Gasteiger partial charge in [0.1, 0.15) is 0 Å². The Kier molecular flexibility index (Phi) is 4.65. The van der Waals surface area contributed by atoms with Crippen LogP contribution in [0.5, 0.6) is 0 Å². The van der Waals surface area contributed by atoms with Crippen LogP contribution in [-0.2, 0) is 10.0 Å². The Morgan fingerprint density at radius 3 is 2.52 bits per heavy atom. The third kappa shape index (κ3) is 3.96. The summed E-state index contributed by atoms with van der Waals surface area (Å²) in [6, 6.07) is 3.58. The van der Waals surface area contributed by atoms with Crippen molar-refractivity contribution in [1.82, 2.24) is 4.72 Å². The van der Waals surface area contributed by atoms with E-state index in [4.69, 9.17) is 5.26 Å². The Bertz CT molecular complexity index is 723. The van der Waals surface area contributed by atoms with Crippen LogP contribution in [-0.4, -0.2) is 19.9 Å². The molecule has 0 aliphatic carbocycles. The predicted octanol–water partition coefficient (Wildman–Crippen LogP) is 1.87. The first kappa shape index (κ1) is 17.0. The number of halogens is 1. The molecule has 7 nitrogen and oxygen atoms in total. The van der Waals surface area contributed by atoms with Gasteiger partial charge in [-0.05, 0) is 32.4 Å². The summed E-state index contributed by atoms with van der Waals surface area (Å²) in [4.78, 5) is 9.32. The van der Waals surface area contributed by atoms with Crippen molar-refractivity contribution in [1.29, 1.82) is 5.26 Å². The maximum Gasteiger partial charge on any atom is 0.306 e. The summed E-state index contributed by atoms with van der Waals surface area (Å²) in [5.41, 5.74) is -1.99. The number of nitro benzene ring substituents is 1. The minimum Gasteiger partial charge on any atom is -0.258 e. The SMILES string of the molecule is Cc1cc(S(=O)(=O)NCC(C)(C)C#N)cc([N+](=O)[O-])c1F. The molecule has 0 aliphatic heterocycles. The molecule has 0 amide bonds. The highest BCUT2D eigenvalue weighted by Gasteiger charge is 2.26. The van der Waals surface area contributed by atoms with Crippen molar-refractivity contribution >= 4 is 15.7 Å². The van der Waals surface area contributed by atoms with E-state index in [0.717, 1.165) is 6.07 Å². The molecule has 9 heteroatoms. The maximum absolute atomic E-state index is 13.6. The highest BCUT2D eigenvalue weighted by atomic mass is 32.2. The largest absolute Gasteiger partial charge is 0.306 e. The van der Waals surface area contributed by atoms with E-state index in [2.05, 4.69) is 4.72 Å². The topological polar surface area (TPSA) is 113 Å². The molecule has 0 unspecified atom stereocenters. The third-order valence-electron chi connectivity index (χ3n) is 2.72. The molecule has 0 bridgehead atoms. The minimum absolute atomic E-state index is 0.149. The van der Waals surface area contributed by atoms with Gasteiger partial charge in [-0.3, -0.25) is 10.1 Å². The molecule has 0 heterocycles. The normalized spacial score (nSPS) is 12.0. The van der Waals surface area contributed by atoms with Crippen molar-refractivity contribution in [2.45, 2.75) is 25.7 Å². The van der Waals surface area contributed by atoms with Crippen molar-refractivity contribution < 1.29 is 17.7 Å². The number of aryl methyl sites for hydroxylation is 1. The van der Waals surface area contributed by atoms with E-state index < -0.39 is 36.8 Å². The summed E-state index contributed by atoms with van der Waals surface area (Å²) in [6.07, 6.45) is 0. The van der Waals surface area contributed by atoms with E-state index in [0.29, 0.717) is 6.07 Å². The van der Waals surface area contributed by atoms with Crippen LogP contribution in [0.3, 0.4) is 0 Å². The molecule has 0 radical (unpaired) electrons.